The van der Waals surface area contributed by atoms with E-state index in [0.29, 0.717) is 18.8 Å². The number of hydrogen-bond donors (Lipinski definition) is 2. The number of ether oxygens (including phenoxy) is 2. The van der Waals surface area contributed by atoms with Gasteiger partial charge in [0.25, 0.3) is 0 Å². The normalized spacial score (nSPS) is 22.4. The highest BCUT2D eigenvalue weighted by molar-refractivity contribution is 14.0. The third-order valence-electron chi connectivity index (χ3n) is 4.11. The molecule has 2 N–H and O–H groups in total. The Hall–Kier alpha value is -0.770. The molecule has 8 heteroatoms. The molecule has 1 amide bonds. The molecule has 1 atom stereocenters. The number of carbonyl (C=O) groups is 1. The third kappa shape index (κ3) is 6.70. The molecule has 0 bridgehead atoms. The molecule has 0 aliphatic carbocycles. The summed E-state index contributed by atoms with van der Waals surface area (Å²) < 4.78 is 10.6. The Balaban J connectivity index is 0.00000264. The van der Waals surface area contributed by atoms with Crippen molar-refractivity contribution in [3.8, 4) is 0 Å². The molecule has 2 saturated heterocycles. The van der Waals surface area contributed by atoms with Crippen molar-refractivity contribution in [2.45, 2.75) is 44.8 Å². The highest BCUT2D eigenvalue weighted by Gasteiger charge is 2.24. The summed E-state index contributed by atoms with van der Waals surface area (Å²) in [5.74, 6) is 0.810. The van der Waals surface area contributed by atoms with Crippen LogP contribution in [0.1, 0.15) is 32.6 Å². The predicted octanol–water partition coefficient (Wildman–Crippen LogP) is 1.57. The number of amides is 1. The second-order valence-electron chi connectivity index (χ2n) is 5.69. The molecule has 134 valence electrons. The molecule has 2 fully saturated rings. The molecule has 2 aliphatic heterocycles. The average molecular weight is 440 g/mol. The van der Waals surface area contributed by atoms with Gasteiger partial charge < -0.3 is 25.0 Å². The van der Waals surface area contributed by atoms with Crippen LogP contribution >= 0.6 is 24.0 Å². The lowest BCUT2D eigenvalue weighted by Crippen LogP contribution is -2.50. The zero-order chi connectivity index (χ0) is 15.8. The maximum atomic E-state index is 11.7. The molecule has 0 radical (unpaired) electrons. The zero-order valence-corrected chi connectivity index (χ0v) is 16.4. The van der Waals surface area contributed by atoms with Crippen LogP contribution in [0.3, 0.4) is 0 Å². The molecule has 23 heavy (non-hydrogen) atoms. The first kappa shape index (κ1) is 20.3. The Morgan fingerprint density at radius 2 is 2.09 bits per heavy atom. The number of likely N-dealkylation sites (tertiary alicyclic amines) is 1. The standard InChI is InChI=1S/C15H28N4O3.HI/c1-3-21-15(20)19-8-6-12(7-9-19)18-14(16-2)17-11-13-5-4-10-22-13;/h12-13H,3-11H2,1-2H3,(H2,16,17,18);1H. The minimum Gasteiger partial charge on any atom is -0.450 e. The second kappa shape index (κ2) is 10.9. The number of hydrogen-bond acceptors (Lipinski definition) is 4. The second-order valence-corrected chi connectivity index (χ2v) is 5.69. The molecule has 1 unspecified atom stereocenters. The monoisotopic (exact) mass is 440 g/mol. The molecule has 0 aromatic heterocycles. The summed E-state index contributed by atoms with van der Waals surface area (Å²) in [6.45, 7) is 5.36. The van der Waals surface area contributed by atoms with E-state index in [0.717, 1.165) is 57.9 Å². The molecule has 0 spiro atoms. The first-order valence-electron chi connectivity index (χ1n) is 8.23. The van der Waals surface area contributed by atoms with Gasteiger partial charge in [-0.2, -0.15) is 0 Å². The molecular formula is C15H29IN4O3. The van der Waals surface area contributed by atoms with Gasteiger partial charge in [-0.1, -0.05) is 0 Å². The van der Waals surface area contributed by atoms with E-state index < -0.39 is 0 Å². The van der Waals surface area contributed by atoms with Gasteiger partial charge in [-0.05, 0) is 32.6 Å². The van der Waals surface area contributed by atoms with Crippen LogP contribution in [0.2, 0.25) is 0 Å². The van der Waals surface area contributed by atoms with Gasteiger partial charge in [0, 0.05) is 39.3 Å². The lowest BCUT2D eigenvalue weighted by atomic mass is 10.1. The Kier molecular flexibility index (Phi) is 9.61. The maximum Gasteiger partial charge on any atom is 0.409 e. The molecule has 0 saturated carbocycles. The van der Waals surface area contributed by atoms with Crippen LogP contribution in [0.5, 0.6) is 0 Å². The van der Waals surface area contributed by atoms with E-state index in [1.54, 1.807) is 11.9 Å². The lowest BCUT2D eigenvalue weighted by molar-refractivity contribution is 0.0961. The number of nitrogens with one attached hydrogen (secondary N) is 2. The summed E-state index contributed by atoms with van der Waals surface area (Å²) >= 11 is 0. The van der Waals surface area contributed by atoms with Gasteiger partial charge in [0.1, 0.15) is 0 Å². The number of carbonyl (C=O) groups excluding carboxylic acids is 1. The van der Waals surface area contributed by atoms with Crippen molar-refractivity contribution in [3.05, 3.63) is 0 Å². The van der Waals surface area contributed by atoms with Crippen molar-refractivity contribution in [1.82, 2.24) is 15.5 Å². The Morgan fingerprint density at radius 3 is 2.65 bits per heavy atom. The van der Waals surface area contributed by atoms with Gasteiger partial charge in [-0.25, -0.2) is 4.79 Å². The van der Waals surface area contributed by atoms with Gasteiger partial charge in [-0.3, -0.25) is 4.99 Å². The Morgan fingerprint density at radius 1 is 1.35 bits per heavy atom. The molecule has 2 rings (SSSR count). The van der Waals surface area contributed by atoms with Crippen molar-refractivity contribution in [2.24, 2.45) is 4.99 Å². The van der Waals surface area contributed by atoms with E-state index in [-0.39, 0.29) is 30.1 Å². The summed E-state index contributed by atoms with van der Waals surface area (Å²) in [5.41, 5.74) is 0. The third-order valence-corrected chi connectivity index (χ3v) is 4.11. The van der Waals surface area contributed by atoms with Gasteiger partial charge >= 0.3 is 6.09 Å². The summed E-state index contributed by atoms with van der Waals surface area (Å²) in [6.07, 6.45) is 4.15. The summed E-state index contributed by atoms with van der Waals surface area (Å²) in [6, 6.07) is 0.335. The van der Waals surface area contributed by atoms with Crippen molar-refractivity contribution < 1.29 is 14.3 Å². The number of halogens is 1. The summed E-state index contributed by atoms with van der Waals surface area (Å²) in [7, 11) is 1.78. The largest absolute Gasteiger partial charge is 0.450 e. The van der Waals surface area contributed by atoms with Gasteiger partial charge in [0.2, 0.25) is 0 Å². The Bertz CT molecular complexity index is 381. The van der Waals surface area contributed by atoms with Gasteiger partial charge in [0.05, 0.1) is 12.7 Å². The van der Waals surface area contributed by atoms with E-state index in [2.05, 4.69) is 15.6 Å². The average Bonchev–Trinajstić information content (AvgIpc) is 3.05. The van der Waals surface area contributed by atoms with Crippen LogP contribution < -0.4 is 10.6 Å². The highest BCUT2D eigenvalue weighted by Crippen LogP contribution is 2.12. The molecule has 7 nitrogen and oxygen atoms in total. The molecule has 0 aromatic rings. The number of nitrogens with zero attached hydrogens (tertiary/aromatic N) is 2. The Labute approximate surface area is 155 Å². The fourth-order valence-electron chi connectivity index (χ4n) is 2.82. The predicted molar refractivity (Wildman–Crippen MR) is 101 cm³/mol. The van der Waals surface area contributed by atoms with Crippen LogP contribution in [0.15, 0.2) is 4.99 Å². The quantitative estimate of drug-likeness (QED) is 0.395. The lowest BCUT2D eigenvalue weighted by Gasteiger charge is -2.32. The minimum absolute atomic E-state index is 0. The number of piperidine rings is 1. The van der Waals surface area contributed by atoms with Crippen LogP contribution in [0, 0.1) is 0 Å². The fraction of sp³-hybridized carbons (Fsp3) is 0.867. The zero-order valence-electron chi connectivity index (χ0n) is 14.0. The van der Waals surface area contributed by atoms with E-state index in [4.69, 9.17) is 9.47 Å². The van der Waals surface area contributed by atoms with E-state index in [9.17, 15) is 4.79 Å². The summed E-state index contributed by atoms with van der Waals surface area (Å²) in [5, 5.41) is 6.75. The molecular weight excluding hydrogens is 411 g/mol. The molecule has 2 aliphatic rings. The fourth-order valence-corrected chi connectivity index (χ4v) is 2.82. The van der Waals surface area contributed by atoms with Crippen LogP contribution in [0.25, 0.3) is 0 Å². The topological polar surface area (TPSA) is 75.2 Å². The van der Waals surface area contributed by atoms with Crippen molar-refractivity contribution in [3.63, 3.8) is 0 Å². The van der Waals surface area contributed by atoms with Crippen LogP contribution in [0.4, 0.5) is 4.79 Å². The number of rotatable bonds is 4. The van der Waals surface area contributed by atoms with Crippen molar-refractivity contribution in [2.75, 3.05) is 39.9 Å². The first-order chi connectivity index (χ1) is 10.7. The summed E-state index contributed by atoms with van der Waals surface area (Å²) in [4.78, 5) is 17.7. The molecule has 2 heterocycles. The van der Waals surface area contributed by atoms with Crippen molar-refractivity contribution >= 4 is 36.0 Å². The van der Waals surface area contributed by atoms with E-state index in [1.165, 1.54) is 0 Å². The highest BCUT2D eigenvalue weighted by atomic mass is 127. The minimum atomic E-state index is -0.207. The van der Waals surface area contributed by atoms with Gasteiger partial charge in [0.15, 0.2) is 5.96 Å². The molecule has 0 aromatic carbocycles. The van der Waals surface area contributed by atoms with E-state index in [1.807, 2.05) is 6.92 Å². The van der Waals surface area contributed by atoms with Crippen molar-refractivity contribution in [1.29, 1.82) is 0 Å². The maximum absolute atomic E-state index is 11.7. The van der Waals surface area contributed by atoms with E-state index >= 15 is 0 Å². The van der Waals surface area contributed by atoms with Crippen LogP contribution in [-0.4, -0.2) is 69.0 Å². The first-order valence-corrected chi connectivity index (χ1v) is 8.23. The van der Waals surface area contributed by atoms with Crippen LogP contribution in [-0.2, 0) is 9.47 Å². The number of guanidine groups is 1. The number of aliphatic imine (C=N–C) groups is 1. The van der Waals surface area contributed by atoms with Gasteiger partial charge in [-0.15, -0.1) is 24.0 Å². The SMILES string of the molecule is CCOC(=O)N1CCC(NC(=NC)NCC2CCCO2)CC1.I. The smallest absolute Gasteiger partial charge is 0.409 e.